The number of hydrogen-bond donors (Lipinski definition) is 0. The topological polar surface area (TPSA) is 26.3 Å². The average Bonchev–Trinajstić information content (AvgIpc) is 2.25. The molecule has 0 amide bonds. The third-order valence-corrected chi connectivity index (χ3v) is 1.73. The molecule has 1 rings (SSSR count). The summed E-state index contributed by atoms with van der Waals surface area (Å²) in [5.41, 5.74) is -0.559. The van der Waals surface area contributed by atoms with Gasteiger partial charge >= 0.3 is 5.97 Å². The molecule has 0 N–H and O–H groups in total. The third kappa shape index (κ3) is 3.02. The lowest BCUT2D eigenvalue weighted by Crippen LogP contribution is -1.95. The zero-order valence-electron chi connectivity index (χ0n) is 8.26. The Kier molecular flexibility index (Phi) is 3.95. The van der Waals surface area contributed by atoms with E-state index in [9.17, 15) is 18.0 Å². The maximum absolute atomic E-state index is 13.0. The van der Waals surface area contributed by atoms with Crippen molar-refractivity contribution in [3.63, 3.8) is 0 Å². The molecule has 0 bridgehead atoms. The van der Waals surface area contributed by atoms with Gasteiger partial charge in [0.05, 0.1) is 12.7 Å². The fourth-order valence-corrected chi connectivity index (χ4v) is 0.956. The van der Waals surface area contributed by atoms with Gasteiger partial charge in [-0.05, 0) is 18.2 Å². The summed E-state index contributed by atoms with van der Waals surface area (Å²) in [5.74, 6) is 2.52. The molecule has 0 unspecified atom stereocenters. The summed E-state index contributed by atoms with van der Waals surface area (Å²) in [6.07, 6.45) is -2.87. The van der Waals surface area contributed by atoms with E-state index in [4.69, 9.17) is 0 Å². The van der Waals surface area contributed by atoms with Crippen LogP contribution in [0.15, 0.2) is 18.2 Å². The summed E-state index contributed by atoms with van der Waals surface area (Å²) in [6, 6.07) is 2.99. The highest BCUT2D eigenvalue weighted by molar-refractivity contribution is 5.88. The maximum atomic E-state index is 13.0. The summed E-state index contributed by atoms with van der Waals surface area (Å²) in [6.45, 7) is 0. The van der Waals surface area contributed by atoms with Crippen molar-refractivity contribution in [2.45, 2.75) is 6.43 Å². The van der Waals surface area contributed by atoms with Gasteiger partial charge in [-0.2, -0.15) is 0 Å². The first-order valence-corrected chi connectivity index (χ1v) is 4.22. The molecule has 0 spiro atoms. The van der Waals surface area contributed by atoms with E-state index in [2.05, 4.69) is 16.6 Å². The van der Waals surface area contributed by atoms with Crippen LogP contribution >= 0.6 is 0 Å². The number of alkyl halides is 2. The van der Waals surface area contributed by atoms with Crippen LogP contribution in [0.5, 0.6) is 0 Å². The molecule has 0 saturated heterocycles. The first-order valence-electron chi connectivity index (χ1n) is 4.22. The minimum atomic E-state index is -2.87. The summed E-state index contributed by atoms with van der Waals surface area (Å²) < 4.78 is 41.6. The molecule has 2 nitrogen and oxygen atoms in total. The number of carbonyl (C=O) groups is 1. The molecule has 0 aliphatic carbocycles. The maximum Gasteiger partial charge on any atom is 0.384 e. The molecule has 0 heterocycles. The summed E-state index contributed by atoms with van der Waals surface area (Å²) >= 11 is 0. The van der Waals surface area contributed by atoms with Crippen LogP contribution in [0.2, 0.25) is 0 Å². The van der Waals surface area contributed by atoms with Crippen LogP contribution in [-0.4, -0.2) is 13.1 Å². The Morgan fingerprint density at radius 3 is 2.62 bits per heavy atom. The number of ether oxygens (including phenoxy) is 1. The minimum Gasteiger partial charge on any atom is -0.459 e. The van der Waals surface area contributed by atoms with Crippen LogP contribution in [0.25, 0.3) is 0 Å². The molecular weight excluding hydrogens is 221 g/mol. The Balaban J connectivity index is 2.96. The van der Waals surface area contributed by atoms with Gasteiger partial charge in [0, 0.05) is 11.5 Å². The predicted octanol–water partition coefficient (Wildman–Crippen LogP) is 2.29. The van der Waals surface area contributed by atoms with Crippen molar-refractivity contribution in [1.29, 1.82) is 0 Å². The standard InChI is InChI=1S/C11H7F3O2/c1-16-10(15)5-3-7-2-4-8(11(13)14)9(12)6-7/h2,4,6,11H,1H3. The van der Waals surface area contributed by atoms with E-state index in [1.807, 2.05) is 0 Å². The van der Waals surface area contributed by atoms with Crippen molar-refractivity contribution >= 4 is 5.97 Å². The van der Waals surface area contributed by atoms with Crippen LogP contribution in [0.3, 0.4) is 0 Å². The lowest BCUT2D eigenvalue weighted by Gasteiger charge is -2.00. The Morgan fingerprint density at radius 1 is 1.44 bits per heavy atom. The van der Waals surface area contributed by atoms with Crippen LogP contribution in [0, 0.1) is 17.7 Å². The molecule has 16 heavy (non-hydrogen) atoms. The fourth-order valence-electron chi connectivity index (χ4n) is 0.956. The average molecular weight is 228 g/mol. The van der Waals surface area contributed by atoms with Crippen LogP contribution < -0.4 is 0 Å². The fraction of sp³-hybridized carbons (Fsp3) is 0.182. The van der Waals surface area contributed by atoms with Crippen molar-refractivity contribution in [2.24, 2.45) is 0 Å². The second-order valence-corrected chi connectivity index (χ2v) is 2.78. The molecule has 1 aromatic carbocycles. The normalized spacial score (nSPS) is 9.56. The first kappa shape index (κ1) is 12.1. The molecule has 1 aromatic rings. The van der Waals surface area contributed by atoms with Crippen molar-refractivity contribution in [3.05, 3.63) is 35.1 Å². The van der Waals surface area contributed by atoms with Crippen LogP contribution in [0.4, 0.5) is 13.2 Å². The van der Waals surface area contributed by atoms with Gasteiger partial charge in [0.2, 0.25) is 0 Å². The molecular formula is C11H7F3O2. The predicted molar refractivity (Wildman–Crippen MR) is 50.3 cm³/mol. The van der Waals surface area contributed by atoms with Crippen LogP contribution in [-0.2, 0) is 9.53 Å². The highest BCUT2D eigenvalue weighted by atomic mass is 19.3. The summed E-state index contributed by atoms with van der Waals surface area (Å²) in [4.78, 5) is 10.6. The number of esters is 1. The molecule has 0 atom stereocenters. The Labute approximate surface area is 90.0 Å². The van der Waals surface area contributed by atoms with E-state index in [1.165, 1.54) is 6.07 Å². The van der Waals surface area contributed by atoms with Crippen molar-refractivity contribution < 1.29 is 22.7 Å². The second-order valence-electron chi connectivity index (χ2n) is 2.78. The summed E-state index contributed by atoms with van der Waals surface area (Å²) in [7, 11) is 1.15. The third-order valence-electron chi connectivity index (χ3n) is 1.73. The molecule has 0 radical (unpaired) electrons. The van der Waals surface area contributed by atoms with Crippen LogP contribution in [0.1, 0.15) is 17.6 Å². The van der Waals surface area contributed by atoms with Gasteiger partial charge in [0.15, 0.2) is 0 Å². The second kappa shape index (κ2) is 5.21. The molecule has 84 valence electrons. The van der Waals surface area contributed by atoms with Crippen molar-refractivity contribution in [1.82, 2.24) is 0 Å². The van der Waals surface area contributed by atoms with Gasteiger partial charge in [-0.15, -0.1) is 0 Å². The number of hydrogen-bond acceptors (Lipinski definition) is 2. The SMILES string of the molecule is COC(=O)C#Cc1ccc(C(F)F)c(F)c1. The smallest absolute Gasteiger partial charge is 0.384 e. The highest BCUT2D eigenvalue weighted by Crippen LogP contribution is 2.22. The minimum absolute atomic E-state index is 0.132. The number of benzene rings is 1. The lowest BCUT2D eigenvalue weighted by atomic mass is 10.1. The molecule has 5 heteroatoms. The van der Waals surface area contributed by atoms with Gasteiger partial charge in [-0.25, -0.2) is 18.0 Å². The molecule has 0 saturated carbocycles. The van der Waals surface area contributed by atoms with E-state index in [0.717, 1.165) is 19.2 Å². The lowest BCUT2D eigenvalue weighted by molar-refractivity contribution is -0.133. The van der Waals surface area contributed by atoms with Crippen molar-refractivity contribution in [3.8, 4) is 11.8 Å². The van der Waals surface area contributed by atoms with Gasteiger partial charge in [0.1, 0.15) is 5.82 Å². The Hall–Kier alpha value is -1.96. The van der Waals surface area contributed by atoms with E-state index >= 15 is 0 Å². The van der Waals surface area contributed by atoms with E-state index in [1.54, 1.807) is 0 Å². The van der Waals surface area contributed by atoms with E-state index in [-0.39, 0.29) is 5.56 Å². The highest BCUT2D eigenvalue weighted by Gasteiger charge is 2.12. The zero-order chi connectivity index (χ0) is 12.1. The van der Waals surface area contributed by atoms with Gasteiger partial charge in [-0.3, -0.25) is 0 Å². The molecule has 0 aliphatic heterocycles. The Morgan fingerprint density at radius 2 is 2.12 bits per heavy atom. The Bertz CT molecular complexity index is 458. The number of carbonyl (C=O) groups excluding carboxylic acids is 1. The molecule has 0 aromatic heterocycles. The number of methoxy groups -OCH3 is 1. The quantitative estimate of drug-likeness (QED) is 0.544. The first-order chi connectivity index (χ1) is 7.54. The van der Waals surface area contributed by atoms with Gasteiger partial charge in [0.25, 0.3) is 6.43 Å². The number of halogens is 3. The van der Waals surface area contributed by atoms with E-state index < -0.39 is 23.8 Å². The van der Waals surface area contributed by atoms with Gasteiger partial charge in [-0.1, -0.05) is 5.92 Å². The largest absolute Gasteiger partial charge is 0.459 e. The monoisotopic (exact) mass is 228 g/mol. The van der Waals surface area contributed by atoms with Gasteiger partial charge < -0.3 is 4.74 Å². The zero-order valence-corrected chi connectivity index (χ0v) is 8.26. The van der Waals surface area contributed by atoms with Crippen molar-refractivity contribution in [2.75, 3.05) is 7.11 Å². The molecule has 0 fully saturated rings. The van der Waals surface area contributed by atoms with E-state index in [0.29, 0.717) is 0 Å². The number of rotatable bonds is 1. The summed E-state index contributed by atoms with van der Waals surface area (Å²) in [5, 5.41) is 0. The molecule has 0 aliphatic rings.